The monoisotopic (exact) mass is 582 g/mol. The van der Waals surface area contributed by atoms with Crippen LogP contribution in [0.25, 0.3) is 87.6 Å². The van der Waals surface area contributed by atoms with Crippen LogP contribution in [0.1, 0.15) is 0 Å². The highest BCUT2D eigenvalue weighted by Crippen LogP contribution is 2.47. The van der Waals surface area contributed by atoms with Crippen molar-refractivity contribution in [2.75, 3.05) is 0 Å². The predicted molar refractivity (Wildman–Crippen MR) is 198 cm³/mol. The van der Waals surface area contributed by atoms with Crippen LogP contribution in [0.15, 0.2) is 182 Å². The van der Waals surface area contributed by atoms with Crippen LogP contribution in [0.2, 0.25) is 0 Å². The van der Waals surface area contributed by atoms with Crippen molar-refractivity contribution < 1.29 is 0 Å². The lowest BCUT2D eigenvalue weighted by atomic mass is 9.83. The molecule has 9 aromatic rings. The Balaban J connectivity index is 1.34. The lowest BCUT2D eigenvalue weighted by Gasteiger charge is -2.20. The molecular formula is C46H30. The zero-order valence-electron chi connectivity index (χ0n) is 25.3. The second-order valence-corrected chi connectivity index (χ2v) is 12.0. The van der Waals surface area contributed by atoms with E-state index in [0.717, 1.165) is 0 Å². The van der Waals surface area contributed by atoms with Gasteiger partial charge >= 0.3 is 0 Å². The summed E-state index contributed by atoms with van der Waals surface area (Å²) in [5.41, 5.74) is 10.1. The molecule has 46 heavy (non-hydrogen) atoms. The quantitative estimate of drug-likeness (QED) is 0.143. The maximum atomic E-state index is 2.41. The maximum Gasteiger partial charge on any atom is -0.00201 e. The standard InChI is InChI=1S/C46H30/c1-3-15-31(16-4-1)35-19-7-10-22-38(35)46-41-25-13-11-23-39(41)45(40-24-12-14-26-42(40)46)34-28-27-33-29-43(32-17-5-2-6-18-32)36-20-8-9-21-37(36)44(33)30-34/h1-30H. The van der Waals surface area contributed by atoms with Crippen molar-refractivity contribution in [3.63, 3.8) is 0 Å². The fourth-order valence-electron chi connectivity index (χ4n) is 7.41. The molecule has 0 heteroatoms. The van der Waals surface area contributed by atoms with Gasteiger partial charge in [0.2, 0.25) is 0 Å². The molecule has 0 fully saturated rings. The van der Waals surface area contributed by atoms with Crippen LogP contribution >= 0.6 is 0 Å². The van der Waals surface area contributed by atoms with Gasteiger partial charge in [-0.1, -0.05) is 170 Å². The fourth-order valence-corrected chi connectivity index (χ4v) is 7.41. The Morgan fingerprint density at radius 2 is 0.674 bits per heavy atom. The van der Waals surface area contributed by atoms with Gasteiger partial charge in [0.05, 0.1) is 0 Å². The molecule has 0 spiro atoms. The van der Waals surface area contributed by atoms with Gasteiger partial charge in [0.25, 0.3) is 0 Å². The van der Waals surface area contributed by atoms with Crippen molar-refractivity contribution in [1.29, 1.82) is 0 Å². The molecular weight excluding hydrogens is 553 g/mol. The molecule has 0 saturated carbocycles. The van der Waals surface area contributed by atoms with Crippen LogP contribution in [0.5, 0.6) is 0 Å². The van der Waals surface area contributed by atoms with E-state index in [1.807, 2.05) is 0 Å². The van der Waals surface area contributed by atoms with Crippen LogP contribution < -0.4 is 0 Å². The van der Waals surface area contributed by atoms with Gasteiger partial charge in [-0.25, -0.2) is 0 Å². The highest BCUT2D eigenvalue weighted by atomic mass is 14.2. The smallest absolute Gasteiger partial charge is 0.00201 e. The number of rotatable bonds is 4. The second kappa shape index (κ2) is 10.9. The van der Waals surface area contributed by atoms with E-state index >= 15 is 0 Å². The van der Waals surface area contributed by atoms with E-state index < -0.39 is 0 Å². The van der Waals surface area contributed by atoms with Crippen molar-refractivity contribution >= 4 is 43.1 Å². The Morgan fingerprint density at radius 1 is 0.217 bits per heavy atom. The van der Waals surface area contributed by atoms with Gasteiger partial charge in [0, 0.05) is 0 Å². The SMILES string of the molecule is c1ccc(-c2ccccc2-c2c3ccccc3c(-c3ccc4cc(-c5ccccc5)c5ccccc5c4c3)c3ccccc23)cc1. The molecule has 9 rings (SSSR count). The Kier molecular flexibility index (Phi) is 6.25. The van der Waals surface area contributed by atoms with Gasteiger partial charge in [-0.15, -0.1) is 0 Å². The van der Waals surface area contributed by atoms with Crippen molar-refractivity contribution in [2.24, 2.45) is 0 Å². The first-order valence-corrected chi connectivity index (χ1v) is 15.9. The average Bonchev–Trinajstić information content (AvgIpc) is 3.14. The molecule has 0 heterocycles. The lowest BCUT2D eigenvalue weighted by molar-refractivity contribution is 1.61. The molecule has 0 nitrogen and oxygen atoms in total. The summed E-state index contributed by atoms with van der Waals surface area (Å²) in [5.74, 6) is 0. The summed E-state index contributed by atoms with van der Waals surface area (Å²) < 4.78 is 0. The minimum atomic E-state index is 1.23. The maximum absolute atomic E-state index is 2.41. The minimum absolute atomic E-state index is 1.23. The summed E-state index contributed by atoms with van der Waals surface area (Å²) in [7, 11) is 0. The zero-order valence-corrected chi connectivity index (χ0v) is 25.3. The van der Waals surface area contributed by atoms with Gasteiger partial charge in [0.1, 0.15) is 0 Å². The third-order valence-electron chi connectivity index (χ3n) is 9.45. The Bertz CT molecular complexity index is 2500. The van der Waals surface area contributed by atoms with E-state index in [1.165, 1.54) is 87.6 Å². The first kappa shape index (κ1) is 26.4. The van der Waals surface area contributed by atoms with E-state index in [4.69, 9.17) is 0 Å². The molecule has 9 aromatic carbocycles. The van der Waals surface area contributed by atoms with Crippen molar-refractivity contribution in [2.45, 2.75) is 0 Å². The Morgan fingerprint density at radius 3 is 1.28 bits per heavy atom. The van der Waals surface area contributed by atoms with Crippen LogP contribution in [-0.4, -0.2) is 0 Å². The largest absolute Gasteiger partial charge is 0.0622 e. The lowest BCUT2D eigenvalue weighted by Crippen LogP contribution is -1.93. The molecule has 0 unspecified atom stereocenters. The van der Waals surface area contributed by atoms with Crippen LogP contribution in [-0.2, 0) is 0 Å². The zero-order chi connectivity index (χ0) is 30.5. The molecule has 0 atom stereocenters. The second-order valence-electron chi connectivity index (χ2n) is 12.0. The highest BCUT2D eigenvalue weighted by Gasteiger charge is 2.19. The van der Waals surface area contributed by atoms with Gasteiger partial charge in [-0.3, -0.25) is 0 Å². The Labute approximate surface area is 268 Å². The van der Waals surface area contributed by atoms with Crippen molar-refractivity contribution in [3.05, 3.63) is 182 Å². The summed E-state index contributed by atoms with van der Waals surface area (Å²) in [6.45, 7) is 0. The summed E-state index contributed by atoms with van der Waals surface area (Å²) >= 11 is 0. The van der Waals surface area contributed by atoms with E-state index in [2.05, 4.69) is 182 Å². The fraction of sp³-hybridized carbons (Fsp3) is 0. The summed E-state index contributed by atoms with van der Waals surface area (Å²) in [4.78, 5) is 0. The molecule has 0 bridgehead atoms. The normalized spacial score (nSPS) is 11.5. The molecule has 0 aliphatic heterocycles. The minimum Gasteiger partial charge on any atom is -0.0622 e. The molecule has 0 N–H and O–H groups in total. The van der Waals surface area contributed by atoms with Crippen LogP contribution in [0.3, 0.4) is 0 Å². The number of benzene rings is 9. The first-order valence-electron chi connectivity index (χ1n) is 15.9. The third-order valence-corrected chi connectivity index (χ3v) is 9.45. The summed E-state index contributed by atoms with van der Waals surface area (Å²) in [6.07, 6.45) is 0. The van der Waals surface area contributed by atoms with E-state index in [0.29, 0.717) is 0 Å². The molecule has 0 aliphatic carbocycles. The van der Waals surface area contributed by atoms with Gasteiger partial charge < -0.3 is 0 Å². The number of fused-ring (bicyclic) bond motifs is 5. The molecule has 0 amide bonds. The van der Waals surface area contributed by atoms with E-state index in [9.17, 15) is 0 Å². The molecule has 0 saturated heterocycles. The number of hydrogen-bond donors (Lipinski definition) is 0. The molecule has 214 valence electrons. The first-order chi connectivity index (χ1) is 22.8. The molecule has 0 aliphatic rings. The topological polar surface area (TPSA) is 0 Å². The van der Waals surface area contributed by atoms with E-state index in [1.54, 1.807) is 0 Å². The van der Waals surface area contributed by atoms with Crippen molar-refractivity contribution in [3.8, 4) is 44.5 Å². The van der Waals surface area contributed by atoms with Crippen LogP contribution in [0.4, 0.5) is 0 Å². The number of hydrogen-bond acceptors (Lipinski definition) is 0. The van der Waals surface area contributed by atoms with E-state index in [-0.39, 0.29) is 0 Å². The third kappa shape index (κ3) is 4.23. The summed E-state index contributed by atoms with van der Waals surface area (Å²) in [5, 5.41) is 10.2. The predicted octanol–water partition coefficient (Wildman–Crippen LogP) is 13.0. The molecule has 0 radical (unpaired) electrons. The Hall–Kier alpha value is -5.98. The van der Waals surface area contributed by atoms with Gasteiger partial charge in [-0.05, 0) is 99.7 Å². The van der Waals surface area contributed by atoms with Crippen LogP contribution in [0, 0.1) is 0 Å². The van der Waals surface area contributed by atoms with Gasteiger partial charge in [0.15, 0.2) is 0 Å². The highest BCUT2D eigenvalue weighted by molar-refractivity contribution is 6.23. The van der Waals surface area contributed by atoms with Crippen molar-refractivity contribution in [1.82, 2.24) is 0 Å². The molecule has 0 aromatic heterocycles. The summed E-state index contributed by atoms with van der Waals surface area (Å²) in [6, 6.07) is 66.5. The van der Waals surface area contributed by atoms with Gasteiger partial charge in [-0.2, -0.15) is 0 Å². The average molecular weight is 583 g/mol.